The number of hydrogen-bond donors (Lipinski definition) is 0. The van der Waals surface area contributed by atoms with Gasteiger partial charge in [-0.25, -0.2) is 0 Å². The van der Waals surface area contributed by atoms with Crippen LogP contribution in [-0.2, 0) is 9.53 Å². The van der Waals surface area contributed by atoms with Gasteiger partial charge >= 0.3 is 0 Å². The number of hydrogen-bond acceptors (Lipinski definition) is 2. The molecule has 0 aromatic carbocycles. The second-order valence-corrected chi connectivity index (χ2v) is 5.10. The summed E-state index contributed by atoms with van der Waals surface area (Å²) in [4.78, 5) is 12.2. The molecule has 0 spiro atoms. The van der Waals surface area contributed by atoms with Crippen molar-refractivity contribution in [2.75, 3.05) is 13.2 Å². The third-order valence-corrected chi connectivity index (χ3v) is 4.09. The minimum absolute atomic E-state index is 0.227. The summed E-state index contributed by atoms with van der Waals surface area (Å²) in [5, 5.41) is 0. The highest BCUT2D eigenvalue weighted by Gasteiger charge is 2.32. The molecular formula is C13H22O2. The highest BCUT2D eigenvalue weighted by atomic mass is 16.5. The summed E-state index contributed by atoms with van der Waals surface area (Å²) in [6, 6.07) is 0. The molecule has 3 atom stereocenters. The molecule has 3 unspecified atom stereocenters. The van der Waals surface area contributed by atoms with Gasteiger partial charge in [0.1, 0.15) is 5.78 Å². The maximum absolute atomic E-state index is 12.2. The Morgan fingerprint density at radius 1 is 1.27 bits per heavy atom. The zero-order chi connectivity index (χ0) is 10.7. The maximum Gasteiger partial charge on any atom is 0.141 e. The van der Waals surface area contributed by atoms with Crippen molar-refractivity contribution in [1.82, 2.24) is 0 Å². The first-order valence-electron chi connectivity index (χ1n) is 6.42. The zero-order valence-corrected chi connectivity index (χ0v) is 9.71. The third kappa shape index (κ3) is 2.60. The van der Waals surface area contributed by atoms with E-state index in [0.717, 1.165) is 31.8 Å². The molecule has 15 heavy (non-hydrogen) atoms. The molecule has 2 aliphatic rings. The first kappa shape index (κ1) is 11.1. The van der Waals surface area contributed by atoms with Gasteiger partial charge in [-0.2, -0.15) is 0 Å². The van der Waals surface area contributed by atoms with Crippen molar-refractivity contribution in [2.45, 2.75) is 45.4 Å². The van der Waals surface area contributed by atoms with E-state index in [2.05, 4.69) is 6.92 Å². The Morgan fingerprint density at radius 2 is 2.13 bits per heavy atom. The van der Waals surface area contributed by atoms with E-state index in [4.69, 9.17) is 4.74 Å². The fourth-order valence-corrected chi connectivity index (χ4v) is 3.01. The van der Waals surface area contributed by atoms with Crippen LogP contribution < -0.4 is 0 Å². The van der Waals surface area contributed by atoms with Gasteiger partial charge in [0.05, 0.1) is 6.61 Å². The molecule has 0 aromatic rings. The highest BCUT2D eigenvalue weighted by molar-refractivity contribution is 5.83. The lowest BCUT2D eigenvalue weighted by Gasteiger charge is -2.28. The second kappa shape index (κ2) is 5.11. The smallest absolute Gasteiger partial charge is 0.141 e. The summed E-state index contributed by atoms with van der Waals surface area (Å²) in [6.07, 6.45) is 7.07. The lowest BCUT2D eigenvalue weighted by Crippen LogP contribution is -2.28. The average molecular weight is 210 g/mol. The summed E-state index contributed by atoms with van der Waals surface area (Å²) in [7, 11) is 0. The fourth-order valence-electron chi connectivity index (χ4n) is 3.01. The van der Waals surface area contributed by atoms with Crippen LogP contribution in [0.3, 0.4) is 0 Å². The minimum Gasteiger partial charge on any atom is -0.381 e. The molecule has 86 valence electrons. The Balaban J connectivity index is 1.88. The van der Waals surface area contributed by atoms with Crippen LogP contribution in [0.15, 0.2) is 0 Å². The molecular weight excluding hydrogens is 188 g/mol. The monoisotopic (exact) mass is 210 g/mol. The van der Waals surface area contributed by atoms with Gasteiger partial charge in [-0.3, -0.25) is 4.79 Å². The molecule has 0 amide bonds. The van der Waals surface area contributed by atoms with E-state index in [0.29, 0.717) is 18.3 Å². The lowest BCUT2D eigenvalue weighted by molar-refractivity contribution is -0.128. The van der Waals surface area contributed by atoms with Gasteiger partial charge in [0, 0.05) is 18.4 Å². The quantitative estimate of drug-likeness (QED) is 0.716. The van der Waals surface area contributed by atoms with E-state index in [1.54, 1.807) is 0 Å². The first-order chi connectivity index (χ1) is 7.31. The predicted molar refractivity (Wildman–Crippen MR) is 59.7 cm³/mol. The van der Waals surface area contributed by atoms with Crippen LogP contribution in [-0.4, -0.2) is 19.0 Å². The number of Topliss-reactive ketones (excluding diaryl/α,β-unsaturated/α-hetero) is 1. The van der Waals surface area contributed by atoms with E-state index in [-0.39, 0.29) is 5.92 Å². The van der Waals surface area contributed by atoms with E-state index in [9.17, 15) is 4.79 Å². The normalized spacial score (nSPS) is 36.7. The van der Waals surface area contributed by atoms with Crippen LogP contribution in [0, 0.1) is 17.8 Å². The summed E-state index contributed by atoms with van der Waals surface area (Å²) < 4.78 is 5.30. The topological polar surface area (TPSA) is 26.3 Å². The Morgan fingerprint density at radius 3 is 2.80 bits per heavy atom. The van der Waals surface area contributed by atoms with Gasteiger partial charge in [-0.15, -0.1) is 0 Å². The van der Waals surface area contributed by atoms with Crippen LogP contribution in [0.5, 0.6) is 0 Å². The Labute approximate surface area is 92.4 Å². The van der Waals surface area contributed by atoms with E-state index < -0.39 is 0 Å². The van der Waals surface area contributed by atoms with Crippen LogP contribution >= 0.6 is 0 Å². The predicted octanol–water partition coefficient (Wildman–Crippen LogP) is 2.81. The molecule has 0 bridgehead atoms. The van der Waals surface area contributed by atoms with Crippen molar-refractivity contribution in [3.8, 4) is 0 Å². The van der Waals surface area contributed by atoms with E-state index >= 15 is 0 Å². The molecule has 2 fully saturated rings. The molecule has 2 rings (SSSR count). The standard InChI is InChI=1S/C13H22O2/c1-2-10-4-3-5-11(8-10)13(14)12-6-7-15-9-12/h10-12H,2-9H2,1H3. The van der Waals surface area contributed by atoms with Crippen molar-refractivity contribution in [3.05, 3.63) is 0 Å². The van der Waals surface area contributed by atoms with Crippen molar-refractivity contribution < 1.29 is 9.53 Å². The molecule has 1 aliphatic heterocycles. The number of carbonyl (C=O) groups excluding carboxylic acids is 1. The van der Waals surface area contributed by atoms with Gasteiger partial charge in [0.15, 0.2) is 0 Å². The Bertz CT molecular complexity index is 219. The largest absolute Gasteiger partial charge is 0.381 e. The molecule has 1 saturated heterocycles. The van der Waals surface area contributed by atoms with E-state index in [1.807, 2.05) is 0 Å². The van der Waals surface area contributed by atoms with Crippen LogP contribution in [0.4, 0.5) is 0 Å². The number of carbonyl (C=O) groups is 1. The number of rotatable bonds is 3. The maximum atomic E-state index is 12.2. The average Bonchev–Trinajstić information content (AvgIpc) is 2.81. The fraction of sp³-hybridized carbons (Fsp3) is 0.923. The summed E-state index contributed by atoms with van der Waals surface area (Å²) >= 11 is 0. The van der Waals surface area contributed by atoms with Crippen LogP contribution in [0.25, 0.3) is 0 Å². The molecule has 2 nitrogen and oxygen atoms in total. The van der Waals surface area contributed by atoms with Crippen molar-refractivity contribution in [3.63, 3.8) is 0 Å². The Kier molecular flexibility index (Phi) is 3.79. The van der Waals surface area contributed by atoms with Crippen LogP contribution in [0.2, 0.25) is 0 Å². The number of ether oxygens (including phenoxy) is 1. The molecule has 0 N–H and O–H groups in total. The van der Waals surface area contributed by atoms with Crippen molar-refractivity contribution in [2.24, 2.45) is 17.8 Å². The minimum atomic E-state index is 0.227. The molecule has 2 heteroatoms. The highest BCUT2D eigenvalue weighted by Crippen LogP contribution is 2.34. The third-order valence-electron chi connectivity index (χ3n) is 4.09. The molecule has 0 aromatic heterocycles. The molecule has 1 heterocycles. The van der Waals surface area contributed by atoms with Gasteiger partial charge < -0.3 is 4.74 Å². The van der Waals surface area contributed by atoms with Crippen LogP contribution in [0.1, 0.15) is 45.4 Å². The van der Waals surface area contributed by atoms with Gasteiger partial charge in [-0.1, -0.05) is 26.2 Å². The van der Waals surface area contributed by atoms with Gasteiger partial charge in [0.25, 0.3) is 0 Å². The molecule has 1 saturated carbocycles. The Hall–Kier alpha value is -0.370. The van der Waals surface area contributed by atoms with Crippen molar-refractivity contribution >= 4 is 5.78 Å². The summed E-state index contributed by atoms with van der Waals surface area (Å²) in [6.45, 7) is 3.72. The first-order valence-corrected chi connectivity index (χ1v) is 6.42. The molecule has 1 aliphatic carbocycles. The van der Waals surface area contributed by atoms with E-state index in [1.165, 1.54) is 19.3 Å². The zero-order valence-electron chi connectivity index (χ0n) is 9.71. The van der Waals surface area contributed by atoms with Gasteiger partial charge in [0.2, 0.25) is 0 Å². The summed E-state index contributed by atoms with van der Waals surface area (Å²) in [5.74, 6) is 1.89. The SMILES string of the molecule is CCC1CCCC(C(=O)C2CCOC2)C1. The van der Waals surface area contributed by atoms with Crippen molar-refractivity contribution in [1.29, 1.82) is 0 Å². The molecule has 0 radical (unpaired) electrons. The summed E-state index contributed by atoms with van der Waals surface area (Å²) in [5.41, 5.74) is 0. The number of ketones is 1. The second-order valence-electron chi connectivity index (χ2n) is 5.10. The van der Waals surface area contributed by atoms with Gasteiger partial charge in [-0.05, 0) is 25.2 Å². The lowest BCUT2D eigenvalue weighted by atomic mass is 9.75.